The average Bonchev–Trinajstić information content (AvgIpc) is 3.26. The molecule has 1 atom stereocenters. The Hall–Kier alpha value is -2.77. The molecule has 2 heterocycles. The number of urea groups is 1. The van der Waals surface area contributed by atoms with Gasteiger partial charge in [-0.05, 0) is 73.4 Å². The predicted molar refractivity (Wildman–Crippen MR) is 143 cm³/mol. The van der Waals surface area contributed by atoms with Crippen molar-refractivity contribution in [3.63, 3.8) is 0 Å². The quantitative estimate of drug-likeness (QED) is 0.434. The maximum atomic E-state index is 12.6. The predicted octanol–water partition coefficient (Wildman–Crippen LogP) is 5.28. The second-order valence-electron chi connectivity index (χ2n) is 9.25. The summed E-state index contributed by atoms with van der Waals surface area (Å²) in [4.78, 5) is 19.8. The van der Waals surface area contributed by atoms with Gasteiger partial charge in [-0.3, -0.25) is 0 Å². The van der Waals surface area contributed by atoms with E-state index < -0.39 is 0 Å². The maximum absolute atomic E-state index is 12.6. The van der Waals surface area contributed by atoms with Crippen molar-refractivity contribution in [2.75, 3.05) is 42.3 Å². The molecule has 0 radical (unpaired) electrons. The van der Waals surface area contributed by atoms with E-state index in [4.69, 9.17) is 4.98 Å². The molecule has 2 aliphatic rings. The number of fused-ring (bicyclic) bond motifs is 2. The minimum atomic E-state index is -0.131. The number of hydrogen-bond donors (Lipinski definition) is 3. The van der Waals surface area contributed by atoms with Crippen LogP contribution in [0.15, 0.2) is 54.6 Å². The zero-order valence-electron chi connectivity index (χ0n) is 19.7. The van der Waals surface area contributed by atoms with Crippen molar-refractivity contribution in [1.82, 2.24) is 15.2 Å². The number of carbonyl (C=O) groups is 1. The Morgan fingerprint density at radius 2 is 1.94 bits per heavy atom. The van der Waals surface area contributed by atoms with Crippen LogP contribution in [0, 0.1) is 0 Å². The number of anilines is 2. The van der Waals surface area contributed by atoms with Gasteiger partial charge in [-0.2, -0.15) is 11.8 Å². The Labute approximate surface area is 205 Å². The lowest BCUT2D eigenvalue weighted by atomic mass is 10.1. The molecule has 0 unspecified atom stereocenters. The van der Waals surface area contributed by atoms with Crippen molar-refractivity contribution in [2.24, 2.45) is 0 Å². The molecule has 0 saturated carbocycles. The van der Waals surface area contributed by atoms with Crippen molar-refractivity contribution in [2.45, 2.75) is 37.8 Å². The average molecular weight is 476 g/mol. The number of thioether (sulfide) groups is 1. The van der Waals surface area contributed by atoms with Crippen molar-refractivity contribution in [3.8, 4) is 0 Å². The van der Waals surface area contributed by atoms with E-state index in [1.54, 1.807) is 0 Å². The minimum absolute atomic E-state index is 0.131. The molecular formula is C27H33N5OS. The van der Waals surface area contributed by atoms with Crippen LogP contribution in [0.4, 0.5) is 16.3 Å². The van der Waals surface area contributed by atoms with Crippen molar-refractivity contribution < 1.29 is 4.79 Å². The fraction of sp³-hybridized carbons (Fsp3) is 0.407. The van der Waals surface area contributed by atoms with Crippen LogP contribution in [0.1, 0.15) is 36.4 Å². The fourth-order valence-corrected chi connectivity index (χ4v) is 5.48. The Balaban J connectivity index is 1.16. The number of pyridine rings is 1. The molecule has 2 amide bonds. The molecule has 7 heteroatoms. The molecule has 1 aliphatic carbocycles. The van der Waals surface area contributed by atoms with Crippen LogP contribution in [-0.2, 0) is 6.42 Å². The van der Waals surface area contributed by atoms with Crippen LogP contribution in [0.25, 0.3) is 10.9 Å². The van der Waals surface area contributed by atoms with Crippen molar-refractivity contribution >= 4 is 40.2 Å². The lowest BCUT2D eigenvalue weighted by Crippen LogP contribution is -2.46. The molecule has 1 aromatic heterocycles. The molecule has 0 spiro atoms. The first-order valence-electron chi connectivity index (χ1n) is 12.2. The summed E-state index contributed by atoms with van der Waals surface area (Å²) in [5.74, 6) is 2.05. The van der Waals surface area contributed by atoms with Crippen LogP contribution in [0.2, 0.25) is 0 Å². The van der Waals surface area contributed by atoms with Crippen LogP contribution < -0.4 is 16.0 Å². The number of carbonyl (C=O) groups excluding carboxylic acids is 1. The third-order valence-electron chi connectivity index (χ3n) is 6.94. The Kier molecular flexibility index (Phi) is 7.21. The maximum Gasteiger partial charge on any atom is 0.319 e. The molecular weight excluding hydrogens is 442 g/mol. The number of aryl methyl sites for hydroxylation is 1. The first-order chi connectivity index (χ1) is 16.7. The highest BCUT2D eigenvalue weighted by molar-refractivity contribution is 7.98. The number of piperidine rings is 1. The van der Waals surface area contributed by atoms with Gasteiger partial charge < -0.3 is 20.9 Å². The van der Waals surface area contributed by atoms with E-state index in [-0.39, 0.29) is 12.1 Å². The SMILES string of the molecule is CSCCN1CCC(NC(=O)Nc2ccc3nc(N[C@@H]4CCc5ccccc54)ccc3c2)CC1. The van der Waals surface area contributed by atoms with E-state index in [2.05, 4.69) is 57.4 Å². The van der Waals surface area contributed by atoms with Crippen LogP contribution in [0.5, 0.6) is 0 Å². The van der Waals surface area contributed by atoms with E-state index in [1.165, 1.54) is 16.9 Å². The number of nitrogens with one attached hydrogen (secondary N) is 3. The second-order valence-corrected chi connectivity index (χ2v) is 10.2. The van der Waals surface area contributed by atoms with Gasteiger partial charge >= 0.3 is 6.03 Å². The smallest absolute Gasteiger partial charge is 0.319 e. The van der Waals surface area contributed by atoms with Gasteiger partial charge in [-0.25, -0.2) is 9.78 Å². The normalized spacial score (nSPS) is 18.6. The van der Waals surface area contributed by atoms with Gasteiger partial charge in [-0.15, -0.1) is 0 Å². The van der Waals surface area contributed by atoms with Gasteiger partial charge in [0.1, 0.15) is 5.82 Å². The monoisotopic (exact) mass is 475 g/mol. The van der Waals surface area contributed by atoms with Crippen LogP contribution in [-0.4, -0.2) is 53.6 Å². The number of likely N-dealkylation sites (tertiary alicyclic amines) is 1. The molecule has 0 bridgehead atoms. The molecule has 2 aromatic carbocycles. The van der Waals surface area contributed by atoms with Gasteiger partial charge in [-0.1, -0.05) is 24.3 Å². The third kappa shape index (κ3) is 5.47. The summed E-state index contributed by atoms with van der Waals surface area (Å²) >= 11 is 1.88. The van der Waals surface area contributed by atoms with E-state index in [1.807, 2.05) is 36.0 Å². The number of rotatable bonds is 7. The zero-order chi connectivity index (χ0) is 23.3. The Bertz CT molecular complexity index is 1140. The molecule has 34 heavy (non-hydrogen) atoms. The summed E-state index contributed by atoms with van der Waals surface area (Å²) < 4.78 is 0. The standard InChI is InChI=1S/C27H33N5OS/c1-34-17-16-32-14-12-21(13-15-32)28-27(33)29-22-8-10-24-20(18-22)7-11-26(30-24)31-25-9-6-19-4-2-3-5-23(19)25/h2-5,7-8,10-11,18,21,25H,6,9,12-17H2,1H3,(H,30,31)(H2,28,29,33)/t25-/m1/s1. The first-order valence-corrected chi connectivity index (χ1v) is 13.6. The van der Waals surface area contributed by atoms with E-state index >= 15 is 0 Å². The van der Waals surface area contributed by atoms with Gasteiger partial charge in [0, 0.05) is 42.5 Å². The zero-order valence-corrected chi connectivity index (χ0v) is 20.5. The molecule has 6 nitrogen and oxygen atoms in total. The lowest BCUT2D eigenvalue weighted by molar-refractivity contribution is 0.204. The van der Waals surface area contributed by atoms with Gasteiger partial charge in [0.05, 0.1) is 11.6 Å². The van der Waals surface area contributed by atoms with E-state index in [0.717, 1.165) is 67.7 Å². The van der Waals surface area contributed by atoms with Crippen molar-refractivity contribution in [3.05, 3.63) is 65.7 Å². The van der Waals surface area contributed by atoms with E-state index in [9.17, 15) is 4.79 Å². The summed E-state index contributed by atoms with van der Waals surface area (Å²) in [6, 6.07) is 19.0. The minimum Gasteiger partial charge on any atom is -0.363 e. The Morgan fingerprint density at radius 3 is 2.79 bits per heavy atom. The summed E-state index contributed by atoms with van der Waals surface area (Å²) in [5.41, 5.74) is 4.51. The molecule has 1 aliphatic heterocycles. The number of aromatic nitrogens is 1. The van der Waals surface area contributed by atoms with Crippen molar-refractivity contribution in [1.29, 1.82) is 0 Å². The first kappa shape index (κ1) is 23.0. The summed E-state index contributed by atoms with van der Waals surface area (Å²) in [6.07, 6.45) is 6.35. The highest BCUT2D eigenvalue weighted by atomic mass is 32.2. The second kappa shape index (κ2) is 10.7. The number of nitrogens with zero attached hydrogens (tertiary/aromatic N) is 2. The molecule has 178 valence electrons. The van der Waals surface area contributed by atoms with Gasteiger partial charge in [0.25, 0.3) is 0 Å². The third-order valence-corrected chi connectivity index (χ3v) is 7.53. The number of amides is 2. The lowest BCUT2D eigenvalue weighted by Gasteiger charge is -2.32. The highest BCUT2D eigenvalue weighted by Crippen LogP contribution is 2.33. The fourth-order valence-electron chi connectivity index (χ4n) is 5.04. The van der Waals surface area contributed by atoms with E-state index in [0.29, 0.717) is 6.04 Å². The molecule has 5 rings (SSSR count). The van der Waals surface area contributed by atoms with Crippen LogP contribution >= 0.6 is 11.8 Å². The molecule has 3 aromatic rings. The summed E-state index contributed by atoms with van der Waals surface area (Å²) in [5, 5.41) is 10.8. The molecule has 3 N–H and O–H groups in total. The topological polar surface area (TPSA) is 69.3 Å². The summed E-state index contributed by atoms with van der Waals surface area (Å²) in [6.45, 7) is 3.24. The molecule has 1 saturated heterocycles. The van der Waals surface area contributed by atoms with Gasteiger partial charge in [0.15, 0.2) is 0 Å². The highest BCUT2D eigenvalue weighted by Gasteiger charge is 2.22. The summed E-state index contributed by atoms with van der Waals surface area (Å²) in [7, 11) is 0. The molecule has 1 fully saturated rings. The Morgan fingerprint density at radius 1 is 1.09 bits per heavy atom. The largest absolute Gasteiger partial charge is 0.363 e. The van der Waals surface area contributed by atoms with Gasteiger partial charge in [0.2, 0.25) is 0 Å². The number of hydrogen-bond acceptors (Lipinski definition) is 5. The number of benzene rings is 2. The van der Waals surface area contributed by atoms with Crippen LogP contribution in [0.3, 0.4) is 0 Å².